The molecule has 1 aliphatic rings. The Hall–Kier alpha value is -3.39. The second-order valence-electron chi connectivity index (χ2n) is 9.54. The molecule has 2 aromatic carbocycles. The molecule has 4 rings (SSSR count). The van der Waals surface area contributed by atoms with Crippen molar-refractivity contribution in [3.05, 3.63) is 76.8 Å². The van der Waals surface area contributed by atoms with Gasteiger partial charge in [0.05, 0.1) is 23.1 Å². The fourth-order valence-corrected chi connectivity index (χ4v) is 4.27. The number of carbonyl (C=O) groups is 2. The first-order valence-electron chi connectivity index (χ1n) is 11.5. The largest absolute Gasteiger partial charge is 0.444 e. The molecule has 1 aromatic heterocycles. The molecule has 1 fully saturated rings. The van der Waals surface area contributed by atoms with Gasteiger partial charge in [-0.05, 0) is 76.1 Å². The van der Waals surface area contributed by atoms with Crippen LogP contribution in [0.2, 0.25) is 5.02 Å². The fourth-order valence-electron chi connectivity index (χ4n) is 4.14. The summed E-state index contributed by atoms with van der Waals surface area (Å²) in [4.78, 5) is 27.4. The predicted molar refractivity (Wildman–Crippen MR) is 133 cm³/mol. The van der Waals surface area contributed by atoms with Crippen molar-refractivity contribution in [3.8, 4) is 5.69 Å². The SMILES string of the molecule is CC(C)(C)OC(=O)N1CCC(c2c(C(=O)Nc3cccc(F)c3)cnn2-c2ccc(Cl)cc2)CC1. The molecule has 1 aliphatic heterocycles. The van der Waals surface area contributed by atoms with E-state index < -0.39 is 11.4 Å². The number of hydrogen-bond donors (Lipinski definition) is 1. The van der Waals surface area contributed by atoms with Gasteiger partial charge in [-0.1, -0.05) is 17.7 Å². The third kappa shape index (κ3) is 6.00. The van der Waals surface area contributed by atoms with Gasteiger partial charge in [0.25, 0.3) is 5.91 Å². The van der Waals surface area contributed by atoms with Crippen LogP contribution in [0.25, 0.3) is 5.69 Å². The van der Waals surface area contributed by atoms with E-state index in [9.17, 15) is 14.0 Å². The molecular weight excluding hydrogens is 471 g/mol. The van der Waals surface area contributed by atoms with Crippen molar-refractivity contribution in [2.75, 3.05) is 18.4 Å². The van der Waals surface area contributed by atoms with E-state index in [1.165, 1.54) is 24.4 Å². The predicted octanol–water partition coefficient (Wildman–Crippen LogP) is 6.03. The topological polar surface area (TPSA) is 76.5 Å². The van der Waals surface area contributed by atoms with E-state index in [1.54, 1.807) is 27.8 Å². The smallest absolute Gasteiger partial charge is 0.410 e. The number of halogens is 2. The maximum Gasteiger partial charge on any atom is 0.410 e. The molecule has 0 atom stereocenters. The molecule has 0 saturated carbocycles. The summed E-state index contributed by atoms with van der Waals surface area (Å²) in [5, 5.41) is 7.87. The van der Waals surface area contributed by atoms with Crippen LogP contribution in [0.15, 0.2) is 54.7 Å². The summed E-state index contributed by atoms with van der Waals surface area (Å²) in [7, 11) is 0. The number of carbonyl (C=O) groups excluding carboxylic acids is 2. The van der Waals surface area contributed by atoms with E-state index in [0.29, 0.717) is 42.2 Å². The van der Waals surface area contributed by atoms with Crippen molar-refractivity contribution < 1.29 is 18.7 Å². The molecule has 0 unspecified atom stereocenters. The lowest BCUT2D eigenvalue weighted by Crippen LogP contribution is -2.41. The molecule has 0 radical (unpaired) electrons. The summed E-state index contributed by atoms with van der Waals surface area (Å²) < 4.78 is 20.9. The monoisotopic (exact) mass is 498 g/mol. The van der Waals surface area contributed by atoms with E-state index in [4.69, 9.17) is 16.3 Å². The van der Waals surface area contributed by atoms with E-state index in [-0.39, 0.29) is 17.9 Å². The lowest BCUT2D eigenvalue weighted by Gasteiger charge is -2.34. The van der Waals surface area contributed by atoms with Crippen molar-refractivity contribution in [2.45, 2.75) is 45.1 Å². The minimum absolute atomic E-state index is 0.0277. The number of benzene rings is 2. The van der Waals surface area contributed by atoms with Crippen LogP contribution in [0, 0.1) is 5.82 Å². The third-order valence-corrected chi connectivity index (χ3v) is 5.99. The van der Waals surface area contributed by atoms with Gasteiger partial charge in [-0.3, -0.25) is 4.79 Å². The third-order valence-electron chi connectivity index (χ3n) is 5.74. The van der Waals surface area contributed by atoms with E-state index >= 15 is 0 Å². The molecule has 9 heteroatoms. The highest BCUT2D eigenvalue weighted by molar-refractivity contribution is 6.30. The van der Waals surface area contributed by atoms with Crippen LogP contribution in [-0.2, 0) is 4.74 Å². The van der Waals surface area contributed by atoms with Crippen molar-refractivity contribution >= 4 is 29.3 Å². The van der Waals surface area contributed by atoms with Crippen molar-refractivity contribution in [1.29, 1.82) is 0 Å². The number of nitrogens with zero attached hydrogens (tertiary/aromatic N) is 3. The van der Waals surface area contributed by atoms with Gasteiger partial charge < -0.3 is 15.0 Å². The minimum atomic E-state index is -0.566. The summed E-state index contributed by atoms with van der Waals surface area (Å²) in [6.07, 6.45) is 2.46. The molecule has 0 spiro atoms. The molecule has 2 amide bonds. The lowest BCUT2D eigenvalue weighted by atomic mass is 9.90. The van der Waals surface area contributed by atoms with Crippen LogP contribution >= 0.6 is 11.6 Å². The average Bonchev–Trinajstić information content (AvgIpc) is 3.24. The number of likely N-dealkylation sites (tertiary alicyclic amines) is 1. The van der Waals surface area contributed by atoms with Crippen molar-refractivity contribution in [1.82, 2.24) is 14.7 Å². The van der Waals surface area contributed by atoms with Gasteiger partial charge in [0.1, 0.15) is 11.4 Å². The highest BCUT2D eigenvalue weighted by atomic mass is 35.5. The second kappa shape index (κ2) is 10.1. The summed E-state index contributed by atoms with van der Waals surface area (Å²) in [5.41, 5.74) is 1.71. The standard InChI is InChI=1S/C26H28ClFN4O3/c1-26(2,3)35-25(34)31-13-11-17(12-14-31)23-22(24(33)30-20-6-4-5-19(28)15-20)16-29-32(23)21-9-7-18(27)8-10-21/h4-10,15-17H,11-14H2,1-3H3,(H,30,33). The molecule has 1 saturated heterocycles. The zero-order chi connectivity index (χ0) is 25.2. The molecule has 35 heavy (non-hydrogen) atoms. The van der Waals surface area contributed by atoms with Crippen LogP contribution in [0.4, 0.5) is 14.9 Å². The van der Waals surface area contributed by atoms with Gasteiger partial charge in [-0.2, -0.15) is 5.10 Å². The molecule has 1 N–H and O–H groups in total. The summed E-state index contributed by atoms with van der Waals surface area (Å²) in [6, 6.07) is 12.9. The molecule has 184 valence electrons. The van der Waals surface area contributed by atoms with Gasteiger partial charge in [0.2, 0.25) is 0 Å². The Morgan fingerprint density at radius 1 is 1.11 bits per heavy atom. The number of amides is 2. The van der Waals surface area contributed by atoms with Crippen molar-refractivity contribution in [3.63, 3.8) is 0 Å². The Labute approximate surface area is 208 Å². The molecule has 0 aliphatic carbocycles. The van der Waals surface area contributed by atoms with E-state index in [2.05, 4.69) is 10.4 Å². The first kappa shape index (κ1) is 24.7. The Kier molecular flexibility index (Phi) is 7.12. The highest BCUT2D eigenvalue weighted by Gasteiger charge is 2.32. The number of anilines is 1. The van der Waals surface area contributed by atoms with Crippen LogP contribution < -0.4 is 5.32 Å². The first-order valence-corrected chi connectivity index (χ1v) is 11.9. The van der Waals surface area contributed by atoms with Crippen LogP contribution in [0.1, 0.15) is 55.6 Å². The normalized spacial score (nSPS) is 14.6. The maximum absolute atomic E-state index is 13.6. The fraction of sp³-hybridized carbons (Fsp3) is 0.346. The van der Waals surface area contributed by atoms with Crippen LogP contribution in [-0.4, -0.2) is 45.4 Å². The summed E-state index contributed by atoms with van der Waals surface area (Å²) in [5.74, 6) is -0.838. The van der Waals surface area contributed by atoms with Gasteiger partial charge >= 0.3 is 6.09 Å². The number of hydrogen-bond acceptors (Lipinski definition) is 4. The van der Waals surface area contributed by atoms with Crippen LogP contribution in [0.3, 0.4) is 0 Å². The molecule has 3 aromatic rings. The quantitative estimate of drug-likeness (QED) is 0.476. The van der Waals surface area contributed by atoms with Gasteiger partial charge in [-0.25, -0.2) is 13.9 Å². The molecule has 2 heterocycles. The highest BCUT2D eigenvalue weighted by Crippen LogP contribution is 2.33. The second-order valence-corrected chi connectivity index (χ2v) is 9.97. The summed E-state index contributed by atoms with van der Waals surface area (Å²) >= 11 is 6.06. The number of aromatic nitrogens is 2. The maximum atomic E-state index is 13.6. The number of rotatable bonds is 4. The zero-order valence-corrected chi connectivity index (χ0v) is 20.7. The first-order chi connectivity index (χ1) is 16.6. The summed E-state index contributed by atoms with van der Waals surface area (Å²) in [6.45, 7) is 6.51. The van der Waals surface area contributed by atoms with E-state index in [0.717, 1.165) is 11.4 Å². The van der Waals surface area contributed by atoms with E-state index in [1.807, 2.05) is 32.9 Å². The Morgan fingerprint density at radius 2 is 1.80 bits per heavy atom. The number of nitrogens with one attached hydrogen (secondary N) is 1. The number of piperidine rings is 1. The average molecular weight is 499 g/mol. The molecule has 7 nitrogen and oxygen atoms in total. The van der Waals surface area contributed by atoms with Crippen molar-refractivity contribution in [2.24, 2.45) is 0 Å². The minimum Gasteiger partial charge on any atom is -0.444 e. The molecular formula is C26H28ClFN4O3. The van der Waals surface area contributed by atoms with Gasteiger partial charge in [-0.15, -0.1) is 0 Å². The van der Waals surface area contributed by atoms with Gasteiger partial charge in [0.15, 0.2) is 0 Å². The zero-order valence-electron chi connectivity index (χ0n) is 19.9. The van der Waals surface area contributed by atoms with Gasteiger partial charge in [0, 0.05) is 29.7 Å². The number of ether oxygens (including phenoxy) is 1. The molecule has 0 bridgehead atoms. The Balaban J connectivity index is 1.61. The van der Waals surface area contributed by atoms with Crippen LogP contribution in [0.5, 0.6) is 0 Å². The Morgan fingerprint density at radius 3 is 2.43 bits per heavy atom. The Bertz CT molecular complexity index is 1210. The lowest BCUT2D eigenvalue weighted by molar-refractivity contribution is 0.0203.